The minimum atomic E-state index is 0.536. The lowest BCUT2D eigenvalue weighted by molar-refractivity contribution is 0.0996. The molecule has 2 fully saturated rings. The van der Waals surface area contributed by atoms with Crippen LogP contribution in [-0.2, 0) is 4.74 Å². The van der Waals surface area contributed by atoms with Crippen molar-refractivity contribution in [2.75, 3.05) is 19.8 Å². The Hall–Kier alpha value is 0.270. The zero-order valence-electron chi connectivity index (χ0n) is 12.2. The first-order valence-electron chi connectivity index (χ1n) is 7.57. The molecular weight excluding hydrogens is 242 g/mol. The third-order valence-corrected chi connectivity index (χ3v) is 6.04. The summed E-state index contributed by atoms with van der Waals surface area (Å²) in [7, 11) is 0. The van der Waals surface area contributed by atoms with Crippen molar-refractivity contribution in [3.8, 4) is 0 Å². The summed E-state index contributed by atoms with van der Waals surface area (Å²) in [5, 5.41) is 5.34. The fraction of sp³-hybridized carbons (Fsp3) is 1.00. The molecule has 0 radical (unpaired) electrons. The van der Waals surface area contributed by atoms with E-state index in [1.807, 2.05) is 0 Å². The summed E-state index contributed by atoms with van der Waals surface area (Å²) in [4.78, 5) is 0. The summed E-state index contributed by atoms with van der Waals surface area (Å²) in [5.41, 5.74) is 0.536. The van der Waals surface area contributed by atoms with Gasteiger partial charge in [0.2, 0.25) is 0 Å². The number of hydrogen-bond acceptors (Lipinski definition) is 3. The van der Waals surface area contributed by atoms with Gasteiger partial charge in [0, 0.05) is 29.8 Å². The fourth-order valence-electron chi connectivity index (χ4n) is 3.22. The van der Waals surface area contributed by atoms with Crippen LogP contribution in [0.5, 0.6) is 0 Å². The smallest absolute Gasteiger partial charge is 0.0476 e. The quantitative estimate of drug-likeness (QED) is 0.846. The van der Waals surface area contributed by atoms with E-state index in [-0.39, 0.29) is 0 Å². The van der Waals surface area contributed by atoms with Gasteiger partial charge in [-0.2, -0.15) is 11.8 Å². The number of thioether (sulfide) groups is 1. The molecule has 1 aliphatic carbocycles. The summed E-state index contributed by atoms with van der Waals surface area (Å²) in [6.45, 7) is 10.2. The fourth-order valence-corrected chi connectivity index (χ4v) is 5.15. The van der Waals surface area contributed by atoms with Gasteiger partial charge >= 0.3 is 0 Å². The third kappa shape index (κ3) is 4.14. The average molecular weight is 271 g/mol. The van der Waals surface area contributed by atoms with Crippen LogP contribution in [0.2, 0.25) is 0 Å². The largest absolute Gasteiger partial charge is 0.381 e. The van der Waals surface area contributed by atoms with Crippen LogP contribution in [0.15, 0.2) is 0 Å². The Morgan fingerprint density at radius 3 is 2.61 bits per heavy atom. The van der Waals surface area contributed by atoms with E-state index >= 15 is 0 Å². The molecule has 2 atom stereocenters. The molecule has 0 amide bonds. The van der Waals surface area contributed by atoms with E-state index in [2.05, 4.69) is 37.8 Å². The minimum absolute atomic E-state index is 0.536. The maximum atomic E-state index is 5.48. The molecule has 1 heterocycles. The highest BCUT2D eigenvalue weighted by Gasteiger charge is 2.36. The van der Waals surface area contributed by atoms with Crippen LogP contribution in [0.4, 0.5) is 0 Å². The highest BCUT2D eigenvalue weighted by Crippen LogP contribution is 2.42. The predicted octanol–water partition coefficient (Wildman–Crippen LogP) is 3.46. The first-order valence-corrected chi connectivity index (χ1v) is 8.51. The van der Waals surface area contributed by atoms with Gasteiger partial charge in [-0.1, -0.05) is 20.8 Å². The van der Waals surface area contributed by atoms with E-state index < -0.39 is 0 Å². The van der Waals surface area contributed by atoms with Crippen LogP contribution >= 0.6 is 11.8 Å². The van der Waals surface area contributed by atoms with Crippen molar-refractivity contribution in [2.24, 2.45) is 5.41 Å². The van der Waals surface area contributed by atoms with E-state index in [0.717, 1.165) is 36.3 Å². The molecule has 1 saturated heterocycles. The van der Waals surface area contributed by atoms with Crippen LogP contribution < -0.4 is 5.32 Å². The zero-order valence-corrected chi connectivity index (χ0v) is 13.0. The van der Waals surface area contributed by atoms with E-state index in [1.54, 1.807) is 0 Å². The lowest BCUT2D eigenvalue weighted by Gasteiger charge is -2.42. The van der Waals surface area contributed by atoms with Gasteiger partial charge in [0.25, 0.3) is 0 Å². The maximum absolute atomic E-state index is 5.48. The summed E-state index contributed by atoms with van der Waals surface area (Å²) < 4.78 is 5.48. The molecule has 106 valence electrons. The molecule has 0 aromatic heterocycles. The number of ether oxygens (including phenoxy) is 1. The van der Waals surface area contributed by atoms with Crippen molar-refractivity contribution in [3.05, 3.63) is 0 Å². The Labute approximate surface area is 117 Å². The minimum Gasteiger partial charge on any atom is -0.381 e. The van der Waals surface area contributed by atoms with Crippen molar-refractivity contribution < 1.29 is 4.74 Å². The number of rotatable bonds is 4. The summed E-state index contributed by atoms with van der Waals surface area (Å²) in [6.07, 6.45) is 6.59. The van der Waals surface area contributed by atoms with Crippen molar-refractivity contribution in [3.63, 3.8) is 0 Å². The lowest BCUT2D eigenvalue weighted by atomic mass is 9.75. The molecule has 0 aromatic carbocycles. The second kappa shape index (κ2) is 6.62. The van der Waals surface area contributed by atoms with Crippen LogP contribution in [-0.4, -0.2) is 36.3 Å². The zero-order chi connectivity index (χ0) is 13.0. The molecule has 2 nitrogen and oxygen atoms in total. The lowest BCUT2D eigenvalue weighted by Crippen LogP contribution is -2.45. The van der Waals surface area contributed by atoms with Crippen LogP contribution in [0.1, 0.15) is 52.9 Å². The van der Waals surface area contributed by atoms with E-state index in [9.17, 15) is 0 Å². The Morgan fingerprint density at radius 1 is 1.22 bits per heavy atom. The molecule has 2 aliphatic rings. The standard InChI is InChI=1S/C15H29NOS/c1-4-16-13-5-8-15(2,3)11-14(13)18-12-6-9-17-10-7-12/h12-14,16H,4-11H2,1-3H3. The third-order valence-electron chi connectivity index (χ3n) is 4.34. The molecule has 3 heteroatoms. The molecule has 1 aliphatic heterocycles. The Morgan fingerprint density at radius 2 is 1.94 bits per heavy atom. The molecule has 18 heavy (non-hydrogen) atoms. The van der Waals surface area contributed by atoms with Crippen LogP contribution in [0.25, 0.3) is 0 Å². The molecule has 0 spiro atoms. The van der Waals surface area contributed by atoms with Crippen molar-refractivity contribution in [1.82, 2.24) is 5.32 Å². The second-order valence-electron chi connectivity index (χ2n) is 6.56. The molecule has 2 unspecified atom stereocenters. The molecule has 1 saturated carbocycles. The average Bonchev–Trinajstić information content (AvgIpc) is 2.34. The molecule has 0 bridgehead atoms. The maximum Gasteiger partial charge on any atom is 0.0476 e. The highest BCUT2D eigenvalue weighted by molar-refractivity contribution is 8.00. The van der Waals surface area contributed by atoms with Gasteiger partial charge in [-0.05, 0) is 44.1 Å². The van der Waals surface area contributed by atoms with E-state index in [4.69, 9.17) is 4.74 Å². The topological polar surface area (TPSA) is 21.3 Å². The van der Waals surface area contributed by atoms with Crippen molar-refractivity contribution in [1.29, 1.82) is 0 Å². The van der Waals surface area contributed by atoms with Crippen LogP contribution in [0.3, 0.4) is 0 Å². The van der Waals surface area contributed by atoms with Gasteiger partial charge < -0.3 is 10.1 Å². The molecular formula is C15H29NOS. The first kappa shape index (κ1) is 14.7. The second-order valence-corrected chi connectivity index (χ2v) is 8.10. The summed E-state index contributed by atoms with van der Waals surface area (Å²) in [6, 6.07) is 0.732. The molecule has 2 rings (SSSR count). The first-order chi connectivity index (χ1) is 8.61. The Kier molecular flexibility index (Phi) is 5.40. The van der Waals surface area contributed by atoms with E-state index in [1.165, 1.54) is 32.1 Å². The normalized spacial score (nSPS) is 33.5. The number of hydrogen-bond donors (Lipinski definition) is 1. The van der Waals surface area contributed by atoms with Crippen LogP contribution in [0, 0.1) is 5.41 Å². The predicted molar refractivity (Wildman–Crippen MR) is 80.3 cm³/mol. The van der Waals surface area contributed by atoms with Gasteiger partial charge in [0.15, 0.2) is 0 Å². The van der Waals surface area contributed by atoms with E-state index in [0.29, 0.717) is 5.41 Å². The summed E-state index contributed by atoms with van der Waals surface area (Å²) >= 11 is 2.25. The highest BCUT2D eigenvalue weighted by atomic mass is 32.2. The van der Waals surface area contributed by atoms with Gasteiger partial charge in [-0.3, -0.25) is 0 Å². The van der Waals surface area contributed by atoms with Gasteiger partial charge in [-0.25, -0.2) is 0 Å². The molecule has 1 N–H and O–H groups in total. The Balaban J connectivity index is 1.91. The van der Waals surface area contributed by atoms with Gasteiger partial charge in [0.1, 0.15) is 0 Å². The SMILES string of the molecule is CCNC1CCC(C)(C)CC1SC1CCOCC1. The van der Waals surface area contributed by atoms with Crippen molar-refractivity contribution in [2.45, 2.75) is 69.4 Å². The Bertz CT molecular complexity index is 251. The van der Waals surface area contributed by atoms with Gasteiger partial charge in [-0.15, -0.1) is 0 Å². The number of nitrogens with one attached hydrogen (secondary N) is 1. The van der Waals surface area contributed by atoms with Crippen molar-refractivity contribution >= 4 is 11.8 Å². The monoisotopic (exact) mass is 271 g/mol. The molecule has 0 aromatic rings. The van der Waals surface area contributed by atoms with Gasteiger partial charge in [0.05, 0.1) is 0 Å². The summed E-state index contributed by atoms with van der Waals surface area (Å²) in [5.74, 6) is 0.